The van der Waals surface area contributed by atoms with E-state index in [4.69, 9.17) is 4.99 Å². The Bertz CT molecular complexity index is 2280. The van der Waals surface area contributed by atoms with Gasteiger partial charge in [0, 0.05) is 31.5 Å². The van der Waals surface area contributed by atoms with Gasteiger partial charge in [0.1, 0.15) is 5.84 Å². The molecule has 44 heavy (non-hydrogen) atoms. The highest BCUT2D eigenvalue weighted by Gasteiger charge is 2.37. The smallest absolute Gasteiger partial charge is 0.112 e. The number of nitrogens with one attached hydrogen (secondary N) is 1. The molecule has 3 heterocycles. The average Bonchev–Trinajstić information content (AvgIpc) is 3.66. The van der Waals surface area contributed by atoms with Crippen LogP contribution >= 0.6 is 22.7 Å². The van der Waals surface area contributed by atoms with Crippen LogP contribution < -0.4 is 5.32 Å². The van der Waals surface area contributed by atoms with Gasteiger partial charge < -0.3 is 5.32 Å². The quantitative estimate of drug-likeness (QED) is 0.210. The lowest BCUT2D eigenvalue weighted by molar-refractivity contribution is 0.672. The first-order valence-corrected chi connectivity index (χ1v) is 17.1. The van der Waals surface area contributed by atoms with Crippen molar-refractivity contribution in [2.24, 2.45) is 4.99 Å². The van der Waals surface area contributed by atoms with Gasteiger partial charge in [0.05, 0.1) is 22.5 Å². The summed E-state index contributed by atoms with van der Waals surface area (Å²) in [5.41, 5.74) is 9.43. The van der Waals surface area contributed by atoms with Crippen LogP contribution in [-0.4, -0.2) is 5.84 Å². The Balaban J connectivity index is 1.12. The second-order valence-electron chi connectivity index (χ2n) is 12.2. The topological polar surface area (TPSA) is 24.4 Å². The Kier molecular flexibility index (Phi) is 5.37. The number of benzene rings is 4. The third kappa shape index (κ3) is 3.56. The van der Waals surface area contributed by atoms with Crippen molar-refractivity contribution in [2.45, 2.75) is 30.2 Å². The third-order valence-electron chi connectivity index (χ3n) is 9.87. The van der Waals surface area contributed by atoms with E-state index in [-0.39, 0.29) is 12.0 Å². The molecule has 4 atom stereocenters. The maximum Gasteiger partial charge on any atom is 0.112 e. The predicted molar refractivity (Wildman–Crippen MR) is 188 cm³/mol. The zero-order valence-corrected chi connectivity index (χ0v) is 25.5. The summed E-state index contributed by atoms with van der Waals surface area (Å²) in [4.78, 5) is 8.20. The minimum Gasteiger partial charge on any atom is -0.361 e. The van der Waals surface area contributed by atoms with Crippen molar-refractivity contribution in [1.29, 1.82) is 0 Å². The van der Waals surface area contributed by atoms with Crippen molar-refractivity contribution in [3.8, 4) is 11.1 Å². The zero-order valence-electron chi connectivity index (χ0n) is 23.9. The first-order chi connectivity index (χ1) is 21.8. The van der Waals surface area contributed by atoms with E-state index in [9.17, 15) is 0 Å². The molecule has 1 N–H and O–H groups in total. The normalized spacial score (nSPS) is 22.7. The first kappa shape index (κ1) is 24.9. The number of hydrogen-bond donors (Lipinski definition) is 1. The highest BCUT2D eigenvalue weighted by Crippen LogP contribution is 2.53. The number of fused-ring (bicyclic) bond motifs is 12. The summed E-state index contributed by atoms with van der Waals surface area (Å²) >= 11 is 3.82. The number of amidine groups is 1. The molecule has 1 aliphatic heterocycles. The van der Waals surface area contributed by atoms with Gasteiger partial charge in [0.25, 0.3) is 0 Å². The SMILES string of the molecule is C1=Cc2c(sc3ccccc23)C(C2=Nc3c(sc4ccccc34)C(C3=CC4c5ccccc5-c5ccccc5C4C=C3)N2)C1. The molecule has 0 amide bonds. The number of aliphatic imine (C=N–C) groups is 1. The summed E-state index contributed by atoms with van der Waals surface area (Å²) in [5, 5.41) is 6.66. The van der Waals surface area contributed by atoms with E-state index in [1.807, 2.05) is 22.7 Å². The van der Waals surface area contributed by atoms with Crippen molar-refractivity contribution >= 4 is 60.4 Å². The first-order valence-electron chi connectivity index (χ1n) is 15.4. The second kappa shape index (κ2) is 9.49. The molecule has 3 aliphatic carbocycles. The molecule has 4 heteroatoms. The lowest BCUT2D eigenvalue weighted by Gasteiger charge is -2.37. The minimum absolute atomic E-state index is 0.0557. The van der Waals surface area contributed by atoms with Crippen LogP contribution in [0.15, 0.2) is 132 Å². The fourth-order valence-corrected chi connectivity index (χ4v) is 10.4. The van der Waals surface area contributed by atoms with Crippen molar-refractivity contribution < 1.29 is 0 Å². The molecule has 0 saturated carbocycles. The van der Waals surface area contributed by atoms with Gasteiger partial charge in [0.2, 0.25) is 0 Å². The molecule has 2 nitrogen and oxygen atoms in total. The molecule has 10 rings (SSSR count). The molecule has 2 aromatic heterocycles. The number of hydrogen-bond acceptors (Lipinski definition) is 4. The Morgan fingerprint density at radius 1 is 0.659 bits per heavy atom. The van der Waals surface area contributed by atoms with Gasteiger partial charge in [-0.05, 0) is 57.3 Å². The number of thiophene rings is 2. The van der Waals surface area contributed by atoms with E-state index in [0.717, 1.165) is 17.9 Å². The van der Waals surface area contributed by atoms with E-state index >= 15 is 0 Å². The molecule has 4 aromatic carbocycles. The van der Waals surface area contributed by atoms with Crippen molar-refractivity contribution in [3.05, 3.63) is 153 Å². The molecule has 0 fully saturated rings. The molecule has 4 unspecified atom stereocenters. The molecular weight excluding hydrogens is 573 g/mol. The average molecular weight is 601 g/mol. The third-order valence-corrected chi connectivity index (χ3v) is 12.4. The molecule has 0 bridgehead atoms. The number of rotatable bonds is 2. The number of nitrogens with zero attached hydrogens (tertiary/aromatic N) is 1. The van der Waals surface area contributed by atoms with E-state index in [2.05, 4.69) is 133 Å². The van der Waals surface area contributed by atoms with Gasteiger partial charge in [-0.25, -0.2) is 4.99 Å². The van der Waals surface area contributed by atoms with Gasteiger partial charge in [-0.1, -0.05) is 115 Å². The highest BCUT2D eigenvalue weighted by molar-refractivity contribution is 7.20. The van der Waals surface area contributed by atoms with Crippen LogP contribution in [0.25, 0.3) is 37.4 Å². The molecular formula is C40H28N2S2. The zero-order chi connectivity index (χ0) is 28.8. The largest absolute Gasteiger partial charge is 0.361 e. The number of allylic oxidation sites excluding steroid dienone is 3. The van der Waals surface area contributed by atoms with Gasteiger partial charge in [-0.15, -0.1) is 22.7 Å². The van der Waals surface area contributed by atoms with Crippen LogP contribution in [0.2, 0.25) is 0 Å². The van der Waals surface area contributed by atoms with E-state index < -0.39 is 0 Å². The lowest BCUT2D eigenvalue weighted by Crippen LogP contribution is -2.36. The van der Waals surface area contributed by atoms with Gasteiger partial charge >= 0.3 is 0 Å². The molecule has 6 aromatic rings. The van der Waals surface area contributed by atoms with Gasteiger partial charge in [-0.3, -0.25) is 0 Å². The summed E-state index contributed by atoms with van der Waals surface area (Å²) in [6.07, 6.45) is 13.0. The van der Waals surface area contributed by atoms with Crippen LogP contribution in [0.1, 0.15) is 56.7 Å². The summed E-state index contributed by atoms with van der Waals surface area (Å²) < 4.78 is 2.65. The maximum absolute atomic E-state index is 5.46. The Hall–Kier alpha value is -4.51. The van der Waals surface area contributed by atoms with Crippen LogP contribution in [0.3, 0.4) is 0 Å². The van der Waals surface area contributed by atoms with Crippen molar-refractivity contribution in [2.75, 3.05) is 0 Å². The Morgan fingerprint density at radius 2 is 1.32 bits per heavy atom. The van der Waals surface area contributed by atoms with Gasteiger partial charge in [0.15, 0.2) is 0 Å². The van der Waals surface area contributed by atoms with E-state index in [1.165, 1.54) is 63.3 Å². The van der Waals surface area contributed by atoms with Gasteiger partial charge in [-0.2, -0.15) is 0 Å². The van der Waals surface area contributed by atoms with E-state index in [1.54, 1.807) is 0 Å². The summed E-state index contributed by atoms with van der Waals surface area (Å²) in [6.45, 7) is 0. The molecule has 4 aliphatic rings. The molecule has 0 saturated heterocycles. The van der Waals surface area contributed by atoms with Crippen LogP contribution in [0.4, 0.5) is 5.69 Å². The van der Waals surface area contributed by atoms with Crippen molar-refractivity contribution in [3.63, 3.8) is 0 Å². The Labute approximate surface area is 264 Å². The predicted octanol–water partition coefficient (Wildman–Crippen LogP) is 11.0. The fraction of sp³-hybridized carbons (Fsp3) is 0.125. The van der Waals surface area contributed by atoms with Crippen LogP contribution in [-0.2, 0) is 0 Å². The van der Waals surface area contributed by atoms with E-state index in [0.29, 0.717) is 11.8 Å². The molecule has 0 radical (unpaired) electrons. The minimum atomic E-state index is 0.0557. The fourth-order valence-electron chi connectivity index (χ4n) is 7.86. The summed E-state index contributed by atoms with van der Waals surface area (Å²) in [5.74, 6) is 1.95. The maximum atomic E-state index is 5.46. The lowest BCUT2D eigenvalue weighted by atomic mass is 9.68. The standard InChI is InChI=1S/C40H28N2S2/c1-2-12-26-24(10-1)25-11-3-4-13-27(25)33-22-23(20-21-28(26)33)36-39-37(31-15-6-8-19-35(31)44-39)42-40(41-36)32-17-9-16-30-29-14-5-7-18-34(29)43-38(30)32/h1-16,18-22,28,32-33,36H,17H2,(H,41,42). The summed E-state index contributed by atoms with van der Waals surface area (Å²) in [7, 11) is 0. The molecule has 0 spiro atoms. The Morgan fingerprint density at radius 3 is 2.14 bits per heavy atom. The highest BCUT2D eigenvalue weighted by atomic mass is 32.1. The van der Waals surface area contributed by atoms with Crippen LogP contribution in [0, 0.1) is 0 Å². The molecule has 210 valence electrons. The van der Waals surface area contributed by atoms with Crippen molar-refractivity contribution in [1.82, 2.24) is 5.32 Å². The summed E-state index contributed by atoms with van der Waals surface area (Å²) in [6, 6.07) is 35.6. The van der Waals surface area contributed by atoms with Crippen LogP contribution in [0.5, 0.6) is 0 Å². The monoisotopic (exact) mass is 600 g/mol. The second-order valence-corrected chi connectivity index (χ2v) is 14.4.